The monoisotopic (exact) mass is 170 g/mol. The van der Waals surface area contributed by atoms with Crippen molar-refractivity contribution in [3.63, 3.8) is 0 Å². The minimum absolute atomic E-state index is 0. The Kier molecular flexibility index (Phi) is 3.30. The van der Waals surface area contributed by atoms with Crippen molar-refractivity contribution in [3.8, 4) is 0 Å². The Morgan fingerprint density at radius 1 is 1.71 bits per heavy atom. The predicted octanol–water partition coefficient (Wildman–Crippen LogP) is 0.589. The van der Waals surface area contributed by atoms with Crippen molar-refractivity contribution in [1.29, 1.82) is 0 Å². The summed E-state index contributed by atoms with van der Waals surface area (Å²) in [5.41, 5.74) is 0. The van der Waals surface area contributed by atoms with Crippen LogP contribution in [0.5, 0.6) is 0 Å². The number of rotatable bonds is 0. The second-order valence-electron chi connectivity index (χ2n) is 1.04. The van der Waals surface area contributed by atoms with E-state index in [-0.39, 0.29) is 32.7 Å². The van der Waals surface area contributed by atoms with E-state index in [1.165, 1.54) is 0 Å². The van der Waals surface area contributed by atoms with Crippen molar-refractivity contribution in [2.45, 2.75) is 0 Å². The van der Waals surface area contributed by atoms with Crippen LogP contribution in [0.25, 0.3) is 0 Å². The summed E-state index contributed by atoms with van der Waals surface area (Å²) in [6.07, 6.45) is 3.41. The average Bonchev–Trinajstić information content (AvgIpc) is 1.86. The number of aromatic amines is 1. The zero-order valence-electron chi connectivity index (χ0n) is 3.89. The number of H-pyrrole nitrogens is 1. The summed E-state index contributed by atoms with van der Waals surface area (Å²) >= 11 is 0. The van der Waals surface area contributed by atoms with Crippen LogP contribution in [0.1, 0.15) is 5.82 Å². The first-order chi connectivity index (χ1) is 2.89. The maximum atomic E-state index is 3.75. The third-order valence-corrected chi connectivity index (χ3v) is 0.555. The van der Waals surface area contributed by atoms with Crippen molar-refractivity contribution in [1.82, 2.24) is 9.97 Å². The standard InChI is InChI=1S/C4H5N2.Y/c1-4-5-2-3-6-4;/h2-3H,1H2,(H,5,6);/q-1;. The molecular formula is C4H5N2Y-. The number of aromatic nitrogens is 2. The maximum absolute atomic E-state index is 3.75. The zero-order valence-corrected chi connectivity index (χ0v) is 6.72. The van der Waals surface area contributed by atoms with Crippen molar-refractivity contribution in [3.05, 3.63) is 25.1 Å². The van der Waals surface area contributed by atoms with Gasteiger partial charge in [-0.05, 0) is 5.82 Å². The van der Waals surface area contributed by atoms with Crippen molar-refractivity contribution >= 4 is 0 Å². The van der Waals surface area contributed by atoms with Gasteiger partial charge in [0.25, 0.3) is 0 Å². The molecule has 7 heavy (non-hydrogen) atoms. The largest absolute Gasteiger partial charge is 0.374 e. The molecule has 3 heteroatoms. The molecule has 0 saturated carbocycles. The van der Waals surface area contributed by atoms with Gasteiger partial charge in [0.05, 0.1) is 0 Å². The van der Waals surface area contributed by atoms with Gasteiger partial charge in [0.2, 0.25) is 0 Å². The molecule has 0 bridgehead atoms. The van der Waals surface area contributed by atoms with Crippen LogP contribution in [-0.2, 0) is 32.7 Å². The number of imidazole rings is 1. The van der Waals surface area contributed by atoms with E-state index in [0.717, 1.165) is 5.82 Å². The fourth-order valence-electron chi connectivity index (χ4n) is 0.298. The third-order valence-electron chi connectivity index (χ3n) is 0.555. The molecule has 0 fully saturated rings. The molecule has 1 aromatic rings. The van der Waals surface area contributed by atoms with Crippen LogP contribution in [0.2, 0.25) is 0 Å². The summed E-state index contributed by atoms with van der Waals surface area (Å²) in [6, 6.07) is 0. The molecule has 2 nitrogen and oxygen atoms in total. The van der Waals surface area contributed by atoms with E-state index in [2.05, 4.69) is 16.9 Å². The molecule has 35 valence electrons. The third kappa shape index (κ3) is 2.10. The predicted molar refractivity (Wildman–Crippen MR) is 23.0 cm³/mol. The first kappa shape index (κ1) is 7.18. The number of hydrogen-bond donors (Lipinski definition) is 1. The van der Waals surface area contributed by atoms with E-state index < -0.39 is 0 Å². The van der Waals surface area contributed by atoms with Crippen molar-refractivity contribution in [2.75, 3.05) is 0 Å². The SMILES string of the molecule is [CH2-]c1ncc[nH]1.[Y]. The normalized spacial score (nSPS) is 7.43. The van der Waals surface area contributed by atoms with Crippen LogP contribution in [0, 0.1) is 6.92 Å². The summed E-state index contributed by atoms with van der Waals surface area (Å²) in [5, 5.41) is 0. The van der Waals surface area contributed by atoms with Gasteiger partial charge in [0.15, 0.2) is 0 Å². The Bertz CT molecular complexity index is 113. The zero-order chi connectivity index (χ0) is 4.41. The molecule has 1 aromatic heterocycles. The van der Waals surface area contributed by atoms with E-state index in [1.54, 1.807) is 12.4 Å². The van der Waals surface area contributed by atoms with E-state index in [9.17, 15) is 0 Å². The molecule has 0 spiro atoms. The molecule has 0 aliphatic heterocycles. The smallest absolute Gasteiger partial charge is 0.0417 e. The molecular weight excluding hydrogens is 165 g/mol. The Labute approximate surface area is 67.6 Å². The topological polar surface area (TPSA) is 28.7 Å². The van der Waals surface area contributed by atoms with Crippen molar-refractivity contribution in [2.24, 2.45) is 0 Å². The van der Waals surface area contributed by atoms with Crippen LogP contribution in [0.15, 0.2) is 12.4 Å². The van der Waals surface area contributed by atoms with Gasteiger partial charge >= 0.3 is 0 Å². The minimum atomic E-state index is 0. The number of nitrogens with zero attached hydrogens (tertiary/aromatic N) is 1. The molecule has 0 amide bonds. The minimum Gasteiger partial charge on any atom is -0.374 e. The summed E-state index contributed by atoms with van der Waals surface area (Å²) in [6.45, 7) is 3.51. The average molecular weight is 170 g/mol. The summed E-state index contributed by atoms with van der Waals surface area (Å²) in [4.78, 5) is 6.53. The molecule has 1 rings (SSSR count). The van der Waals surface area contributed by atoms with Gasteiger partial charge in [0.1, 0.15) is 0 Å². The molecule has 1 N–H and O–H groups in total. The summed E-state index contributed by atoms with van der Waals surface area (Å²) in [7, 11) is 0. The number of nitrogens with one attached hydrogen (secondary N) is 1. The molecule has 0 aliphatic rings. The van der Waals surface area contributed by atoms with Gasteiger partial charge in [-0.25, -0.2) is 0 Å². The first-order valence-electron chi connectivity index (χ1n) is 1.71. The van der Waals surface area contributed by atoms with Gasteiger partial charge in [0, 0.05) is 45.1 Å². The van der Waals surface area contributed by atoms with Crippen LogP contribution < -0.4 is 0 Å². The van der Waals surface area contributed by atoms with Gasteiger partial charge in [-0.3, -0.25) is 4.98 Å². The Hall–Kier alpha value is 0.184. The van der Waals surface area contributed by atoms with E-state index in [1.807, 2.05) is 0 Å². The Morgan fingerprint density at radius 3 is 2.57 bits per heavy atom. The first-order valence-corrected chi connectivity index (χ1v) is 1.71. The maximum Gasteiger partial charge on any atom is 0.0417 e. The summed E-state index contributed by atoms with van der Waals surface area (Å²) in [5.74, 6) is 0.718. The Morgan fingerprint density at radius 2 is 2.43 bits per heavy atom. The molecule has 0 unspecified atom stereocenters. The van der Waals surface area contributed by atoms with Crippen LogP contribution in [0.3, 0.4) is 0 Å². The molecule has 0 atom stereocenters. The van der Waals surface area contributed by atoms with Crippen molar-refractivity contribution < 1.29 is 32.7 Å². The van der Waals surface area contributed by atoms with Gasteiger partial charge < -0.3 is 11.9 Å². The fourth-order valence-corrected chi connectivity index (χ4v) is 0.298. The van der Waals surface area contributed by atoms with E-state index in [0.29, 0.717) is 0 Å². The van der Waals surface area contributed by atoms with Gasteiger partial charge in [-0.2, -0.15) is 0 Å². The fraction of sp³-hybridized carbons (Fsp3) is 0. The molecule has 0 saturated heterocycles. The molecule has 1 radical (unpaired) electrons. The molecule has 0 aromatic carbocycles. The van der Waals surface area contributed by atoms with E-state index in [4.69, 9.17) is 0 Å². The quantitative estimate of drug-likeness (QED) is 0.567. The molecule has 0 aliphatic carbocycles. The van der Waals surface area contributed by atoms with Crippen LogP contribution >= 0.6 is 0 Å². The second-order valence-corrected chi connectivity index (χ2v) is 1.04. The molecule has 1 heterocycles. The van der Waals surface area contributed by atoms with Gasteiger partial charge in [-0.1, -0.05) is 0 Å². The second kappa shape index (κ2) is 3.22. The Balaban J connectivity index is 0.000000360. The van der Waals surface area contributed by atoms with Crippen LogP contribution in [0.4, 0.5) is 0 Å². The van der Waals surface area contributed by atoms with E-state index >= 15 is 0 Å². The van der Waals surface area contributed by atoms with Crippen LogP contribution in [-0.4, -0.2) is 9.97 Å². The summed E-state index contributed by atoms with van der Waals surface area (Å²) < 4.78 is 0. The van der Waals surface area contributed by atoms with Gasteiger partial charge in [-0.15, -0.1) is 0 Å². The number of hydrogen-bond acceptors (Lipinski definition) is 1.